The number of likely N-dealkylation sites (tertiary alicyclic amines) is 1. The number of para-hydroxylation sites is 1. The third kappa shape index (κ3) is 5.42. The van der Waals surface area contributed by atoms with E-state index in [0.29, 0.717) is 12.5 Å². The van der Waals surface area contributed by atoms with E-state index in [1.807, 2.05) is 30.5 Å². The van der Waals surface area contributed by atoms with Crippen LogP contribution >= 0.6 is 24.0 Å². The number of pyridine rings is 1. The van der Waals surface area contributed by atoms with Crippen molar-refractivity contribution in [3.05, 3.63) is 42.1 Å². The van der Waals surface area contributed by atoms with Crippen LogP contribution in [-0.4, -0.2) is 47.9 Å². The van der Waals surface area contributed by atoms with E-state index < -0.39 is 0 Å². The van der Waals surface area contributed by atoms with Crippen molar-refractivity contribution in [2.45, 2.75) is 51.1 Å². The fraction of sp³-hybridized carbons (Fsp3) is 0.522. The van der Waals surface area contributed by atoms with E-state index >= 15 is 0 Å². The highest BCUT2D eigenvalue weighted by molar-refractivity contribution is 14.0. The molecular weight excluding hydrogens is 489 g/mol. The van der Waals surface area contributed by atoms with E-state index in [4.69, 9.17) is 0 Å². The zero-order chi connectivity index (χ0) is 20.1. The molecule has 1 aromatic carbocycles. The van der Waals surface area contributed by atoms with Crippen molar-refractivity contribution in [1.82, 2.24) is 20.5 Å². The van der Waals surface area contributed by atoms with Crippen LogP contribution in [0.25, 0.3) is 10.9 Å². The van der Waals surface area contributed by atoms with Crippen molar-refractivity contribution in [2.24, 2.45) is 10.9 Å². The van der Waals surface area contributed by atoms with Crippen LogP contribution < -0.4 is 10.6 Å². The van der Waals surface area contributed by atoms with E-state index in [-0.39, 0.29) is 35.9 Å². The maximum absolute atomic E-state index is 12.8. The highest BCUT2D eigenvalue weighted by Gasteiger charge is 2.31. The molecule has 162 valence electrons. The van der Waals surface area contributed by atoms with Crippen molar-refractivity contribution >= 4 is 46.7 Å². The number of guanidine groups is 1. The summed E-state index contributed by atoms with van der Waals surface area (Å²) < 4.78 is 0. The molecule has 2 heterocycles. The lowest BCUT2D eigenvalue weighted by Gasteiger charge is -2.26. The first-order valence-corrected chi connectivity index (χ1v) is 10.8. The lowest BCUT2D eigenvalue weighted by molar-refractivity contribution is -0.135. The van der Waals surface area contributed by atoms with Gasteiger partial charge in [0.25, 0.3) is 0 Å². The predicted molar refractivity (Wildman–Crippen MR) is 132 cm³/mol. The summed E-state index contributed by atoms with van der Waals surface area (Å²) >= 11 is 0. The van der Waals surface area contributed by atoms with Crippen LogP contribution in [-0.2, 0) is 11.3 Å². The fourth-order valence-electron chi connectivity index (χ4n) is 4.56. The van der Waals surface area contributed by atoms with Crippen LogP contribution in [0.1, 0.15) is 44.1 Å². The van der Waals surface area contributed by atoms with Gasteiger partial charge in [-0.2, -0.15) is 0 Å². The summed E-state index contributed by atoms with van der Waals surface area (Å²) in [6.45, 7) is 2.30. The molecule has 1 unspecified atom stereocenters. The van der Waals surface area contributed by atoms with Gasteiger partial charge in [-0.3, -0.25) is 14.8 Å². The Kier molecular flexibility index (Phi) is 8.30. The molecule has 0 bridgehead atoms. The Bertz CT molecular complexity index is 876. The van der Waals surface area contributed by atoms with Crippen molar-refractivity contribution in [1.29, 1.82) is 0 Å². The van der Waals surface area contributed by atoms with E-state index in [9.17, 15) is 4.79 Å². The first-order valence-electron chi connectivity index (χ1n) is 10.8. The number of nitrogens with zero attached hydrogens (tertiary/aromatic N) is 3. The zero-order valence-corrected chi connectivity index (χ0v) is 20.0. The highest BCUT2D eigenvalue weighted by Crippen LogP contribution is 2.26. The predicted octanol–water partition coefficient (Wildman–Crippen LogP) is 3.70. The van der Waals surface area contributed by atoms with Crippen molar-refractivity contribution in [3.63, 3.8) is 0 Å². The number of nitrogens with one attached hydrogen (secondary N) is 2. The van der Waals surface area contributed by atoms with Gasteiger partial charge in [-0.05, 0) is 37.0 Å². The number of hydrogen-bond donors (Lipinski definition) is 2. The van der Waals surface area contributed by atoms with Crippen molar-refractivity contribution < 1.29 is 4.79 Å². The van der Waals surface area contributed by atoms with Crippen LogP contribution in [0.2, 0.25) is 0 Å². The summed E-state index contributed by atoms with van der Waals surface area (Å²) in [5.74, 6) is 1.39. The molecule has 1 aliphatic heterocycles. The molecule has 1 atom stereocenters. The monoisotopic (exact) mass is 521 g/mol. The summed E-state index contributed by atoms with van der Waals surface area (Å²) in [5, 5.41) is 8.08. The highest BCUT2D eigenvalue weighted by atomic mass is 127. The van der Waals surface area contributed by atoms with Crippen molar-refractivity contribution in [3.8, 4) is 0 Å². The first-order chi connectivity index (χ1) is 14.2. The molecule has 1 aliphatic carbocycles. The first kappa shape index (κ1) is 22.8. The number of halogens is 1. The maximum Gasteiger partial charge on any atom is 0.225 e. The minimum atomic E-state index is 0. The van der Waals surface area contributed by atoms with Crippen LogP contribution in [0.3, 0.4) is 0 Å². The second kappa shape index (κ2) is 10.9. The van der Waals surface area contributed by atoms with Crippen LogP contribution in [0.4, 0.5) is 0 Å². The number of aliphatic imine (C=N–C) groups is 1. The zero-order valence-electron chi connectivity index (χ0n) is 17.6. The number of carbonyl (C=O) groups is 1. The number of hydrogen-bond acceptors (Lipinski definition) is 3. The van der Waals surface area contributed by atoms with E-state index in [0.717, 1.165) is 49.2 Å². The Morgan fingerprint density at radius 2 is 1.97 bits per heavy atom. The van der Waals surface area contributed by atoms with E-state index in [1.54, 1.807) is 7.05 Å². The van der Waals surface area contributed by atoms with Gasteiger partial charge in [0.15, 0.2) is 5.96 Å². The third-order valence-electron chi connectivity index (χ3n) is 6.20. The molecule has 0 spiro atoms. The number of rotatable bonds is 4. The smallest absolute Gasteiger partial charge is 0.225 e. The molecular formula is C23H32IN5O. The summed E-state index contributed by atoms with van der Waals surface area (Å²) in [7, 11) is 1.79. The van der Waals surface area contributed by atoms with Crippen molar-refractivity contribution in [2.75, 3.05) is 20.1 Å². The fourth-order valence-corrected chi connectivity index (χ4v) is 4.56. The molecule has 1 amide bonds. The molecule has 1 saturated carbocycles. The topological polar surface area (TPSA) is 69.6 Å². The van der Waals surface area contributed by atoms with Gasteiger partial charge < -0.3 is 15.5 Å². The molecule has 30 heavy (non-hydrogen) atoms. The molecule has 7 heteroatoms. The molecule has 4 rings (SSSR count). The Hall–Kier alpha value is -1.90. The summed E-state index contributed by atoms with van der Waals surface area (Å²) in [5.41, 5.74) is 2.20. The number of carbonyl (C=O) groups excluding carboxylic acids is 1. The standard InChI is InChI=1S/C23H31N5O.HI/c1-24-23(26-15-18-11-13-25-21-10-6-5-9-20(18)21)27-19-12-14-28(16-19)22(29)17-7-3-2-4-8-17;/h5-6,9-11,13,17,19H,2-4,7-8,12,14-16H2,1H3,(H2,24,26,27);1H. The molecule has 6 nitrogen and oxygen atoms in total. The average molecular weight is 521 g/mol. The molecule has 2 fully saturated rings. The van der Waals surface area contributed by atoms with Gasteiger partial charge in [0.2, 0.25) is 5.91 Å². The summed E-state index contributed by atoms with van der Waals surface area (Å²) in [6.07, 6.45) is 8.63. The molecule has 2 aromatic rings. The minimum Gasteiger partial charge on any atom is -0.352 e. The quantitative estimate of drug-likeness (QED) is 0.366. The minimum absolute atomic E-state index is 0. The second-order valence-electron chi connectivity index (χ2n) is 8.16. The van der Waals surface area contributed by atoms with Gasteiger partial charge in [-0.15, -0.1) is 24.0 Å². The van der Waals surface area contributed by atoms with Crippen LogP contribution in [0.15, 0.2) is 41.5 Å². The van der Waals surface area contributed by atoms with Gasteiger partial charge in [0.05, 0.1) is 5.52 Å². The van der Waals surface area contributed by atoms with Crippen LogP contribution in [0.5, 0.6) is 0 Å². The van der Waals surface area contributed by atoms with Gasteiger partial charge >= 0.3 is 0 Å². The Balaban J connectivity index is 0.00000256. The summed E-state index contributed by atoms with van der Waals surface area (Å²) in [6, 6.07) is 10.5. The molecule has 1 aromatic heterocycles. The largest absolute Gasteiger partial charge is 0.352 e. The van der Waals surface area contributed by atoms with Gasteiger partial charge in [0.1, 0.15) is 0 Å². The van der Waals surface area contributed by atoms with Crippen LogP contribution in [0, 0.1) is 5.92 Å². The van der Waals surface area contributed by atoms with Gasteiger partial charge in [-0.1, -0.05) is 37.5 Å². The average Bonchev–Trinajstić information content (AvgIpc) is 3.25. The molecule has 0 radical (unpaired) electrons. The Morgan fingerprint density at radius 1 is 1.17 bits per heavy atom. The molecule has 2 N–H and O–H groups in total. The lowest BCUT2D eigenvalue weighted by atomic mass is 9.88. The second-order valence-corrected chi connectivity index (χ2v) is 8.16. The Labute approximate surface area is 195 Å². The molecule has 2 aliphatic rings. The van der Waals surface area contributed by atoms with E-state index in [2.05, 4.69) is 31.6 Å². The number of amides is 1. The summed E-state index contributed by atoms with van der Waals surface area (Å²) in [4.78, 5) is 23.6. The third-order valence-corrected chi connectivity index (χ3v) is 6.20. The lowest BCUT2D eigenvalue weighted by Crippen LogP contribution is -2.45. The number of fused-ring (bicyclic) bond motifs is 1. The Morgan fingerprint density at radius 3 is 2.77 bits per heavy atom. The number of aromatic nitrogens is 1. The normalized spacial score (nSPS) is 20.1. The van der Waals surface area contributed by atoms with Gasteiger partial charge in [0, 0.05) is 50.2 Å². The SMILES string of the molecule is CN=C(NCc1ccnc2ccccc12)NC1CCN(C(=O)C2CCCCC2)C1.I. The van der Waals surface area contributed by atoms with E-state index in [1.165, 1.54) is 24.8 Å². The van der Waals surface area contributed by atoms with Gasteiger partial charge in [-0.25, -0.2) is 0 Å². The molecule has 1 saturated heterocycles. The number of benzene rings is 1. The maximum atomic E-state index is 12.8.